The molecule has 1 aliphatic rings. The molecule has 0 N–H and O–H groups in total. The van der Waals surface area contributed by atoms with Gasteiger partial charge in [0.1, 0.15) is 0 Å². The van der Waals surface area contributed by atoms with Crippen molar-refractivity contribution in [1.29, 1.82) is 0 Å². The van der Waals surface area contributed by atoms with Crippen LogP contribution in [0.2, 0.25) is 0 Å². The van der Waals surface area contributed by atoms with E-state index in [4.69, 9.17) is 4.74 Å². The van der Waals surface area contributed by atoms with Crippen LogP contribution in [0.1, 0.15) is 11.1 Å². The minimum Gasteiger partial charge on any atom is -0.493 e. The average Bonchev–Trinajstić information content (AvgIpc) is 2.91. The lowest BCUT2D eigenvalue weighted by molar-refractivity contribution is -0.123. The van der Waals surface area contributed by atoms with Crippen molar-refractivity contribution in [3.8, 4) is 11.5 Å². The molecule has 0 aliphatic carbocycles. The Balaban J connectivity index is 1.80. The van der Waals surface area contributed by atoms with Crippen molar-refractivity contribution < 1.29 is 27.8 Å². The molecular weight excluding hydrogens is 456 g/mol. The van der Waals surface area contributed by atoms with Crippen molar-refractivity contribution in [3.05, 3.63) is 63.0 Å². The highest BCUT2D eigenvalue weighted by Gasteiger charge is 2.35. The predicted octanol–water partition coefficient (Wildman–Crippen LogP) is 5.30. The van der Waals surface area contributed by atoms with Gasteiger partial charge < -0.3 is 9.47 Å². The van der Waals surface area contributed by atoms with Gasteiger partial charge in [-0.25, -0.2) is 0 Å². The lowest BCUT2D eigenvalue weighted by Gasteiger charge is -2.12. The minimum absolute atomic E-state index is 0.100. The fraction of sp³-hybridized carbons (Fsp3) is 0.158. The van der Waals surface area contributed by atoms with Gasteiger partial charge in [-0.15, -0.1) is 0 Å². The van der Waals surface area contributed by atoms with E-state index >= 15 is 0 Å². The first-order valence-corrected chi connectivity index (χ1v) is 9.61. The van der Waals surface area contributed by atoms with Gasteiger partial charge in [-0.05, 0) is 53.2 Å². The quantitative estimate of drug-likeness (QED) is 0.537. The Kier molecular flexibility index (Phi) is 6.35. The first-order chi connectivity index (χ1) is 13.4. The van der Waals surface area contributed by atoms with Gasteiger partial charge in [0, 0.05) is 4.47 Å². The molecule has 1 fully saturated rings. The summed E-state index contributed by atoms with van der Waals surface area (Å²) in [6, 6.07) is 11.6. The normalized spacial score (nSPS) is 15.6. The Labute approximate surface area is 172 Å². The first kappa shape index (κ1) is 20.3. The summed E-state index contributed by atoms with van der Waals surface area (Å²) in [7, 11) is 1.32. The highest BCUT2D eigenvalue weighted by Crippen LogP contribution is 2.35. The summed E-state index contributed by atoms with van der Waals surface area (Å²) >= 11 is 4.16. The van der Waals surface area contributed by atoms with Gasteiger partial charge in [0.25, 0.3) is 11.1 Å². The van der Waals surface area contributed by atoms with Gasteiger partial charge >= 0.3 is 6.61 Å². The van der Waals surface area contributed by atoms with E-state index < -0.39 is 12.5 Å². The van der Waals surface area contributed by atoms with Gasteiger partial charge in [-0.1, -0.05) is 34.1 Å². The van der Waals surface area contributed by atoms with E-state index in [1.165, 1.54) is 31.4 Å². The summed E-state index contributed by atoms with van der Waals surface area (Å²) < 4.78 is 35.2. The number of nitrogens with zero attached hydrogens (tertiary/aromatic N) is 1. The molecule has 0 atom stereocenters. The van der Waals surface area contributed by atoms with Gasteiger partial charge in [0.15, 0.2) is 11.5 Å². The van der Waals surface area contributed by atoms with Crippen LogP contribution >= 0.6 is 27.7 Å². The topological polar surface area (TPSA) is 55.8 Å². The molecule has 0 bridgehead atoms. The van der Waals surface area contributed by atoms with Crippen LogP contribution in [0.3, 0.4) is 0 Å². The molecule has 0 aromatic heterocycles. The maximum atomic E-state index is 12.6. The molecule has 3 rings (SSSR count). The van der Waals surface area contributed by atoms with Crippen molar-refractivity contribution in [2.45, 2.75) is 13.2 Å². The number of hydrogen-bond donors (Lipinski definition) is 0. The number of alkyl halides is 2. The van der Waals surface area contributed by atoms with Crippen LogP contribution in [0.4, 0.5) is 13.6 Å². The molecule has 2 amide bonds. The van der Waals surface area contributed by atoms with E-state index in [-0.39, 0.29) is 28.2 Å². The third kappa shape index (κ3) is 4.71. The van der Waals surface area contributed by atoms with Crippen LogP contribution < -0.4 is 9.47 Å². The number of halogens is 3. The summed E-state index contributed by atoms with van der Waals surface area (Å²) in [5.41, 5.74) is 1.34. The second kappa shape index (κ2) is 8.74. The average molecular weight is 470 g/mol. The van der Waals surface area contributed by atoms with Crippen molar-refractivity contribution >= 4 is 44.9 Å². The predicted molar refractivity (Wildman–Crippen MR) is 105 cm³/mol. The van der Waals surface area contributed by atoms with E-state index in [1.807, 2.05) is 24.3 Å². The van der Waals surface area contributed by atoms with E-state index in [1.54, 1.807) is 0 Å². The molecule has 28 heavy (non-hydrogen) atoms. The standard InChI is InChI=1S/C19H14BrF2NO4S/c1-26-15-8-12(4-7-14(15)27-18(21)22)9-16-17(24)23(19(25)28-16)10-11-2-5-13(20)6-3-11/h2-9,18H,10H2,1H3/b16-9-. The minimum atomic E-state index is -2.98. The van der Waals surface area contributed by atoms with Gasteiger partial charge in [-0.2, -0.15) is 8.78 Å². The zero-order chi connectivity index (χ0) is 20.3. The zero-order valence-corrected chi connectivity index (χ0v) is 16.9. The number of imide groups is 1. The monoisotopic (exact) mass is 469 g/mol. The van der Waals surface area contributed by atoms with E-state index in [0.717, 1.165) is 26.7 Å². The fourth-order valence-electron chi connectivity index (χ4n) is 2.53. The molecular formula is C19H14BrF2NO4S. The van der Waals surface area contributed by atoms with Crippen LogP contribution in [0.15, 0.2) is 51.8 Å². The Morgan fingerprint density at radius 1 is 1.14 bits per heavy atom. The third-order valence-electron chi connectivity index (χ3n) is 3.83. The highest BCUT2D eigenvalue weighted by molar-refractivity contribution is 9.10. The SMILES string of the molecule is COc1cc(/C=C2\SC(=O)N(Cc3ccc(Br)cc3)C2=O)ccc1OC(F)F. The second-order valence-corrected chi connectivity index (χ2v) is 7.59. The number of carbonyl (C=O) groups excluding carboxylic acids is 2. The summed E-state index contributed by atoms with van der Waals surface area (Å²) in [5.74, 6) is -0.425. The summed E-state index contributed by atoms with van der Waals surface area (Å²) in [4.78, 5) is 26.3. The van der Waals surface area contributed by atoms with E-state index in [9.17, 15) is 18.4 Å². The summed E-state index contributed by atoms with van der Waals surface area (Å²) in [6.45, 7) is -2.81. The van der Waals surface area contributed by atoms with Gasteiger partial charge in [0.2, 0.25) is 0 Å². The number of rotatable bonds is 6. The first-order valence-electron chi connectivity index (χ1n) is 8.00. The molecule has 0 unspecified atom stereocenters. The maximum Gasteiger partial charge on any atom is 0.387 e. The number of carbonyl (C=O) groups is 2. The Morgan fingerprint density at radius 2 is 1.86 bits per heavy atom. The van der Waals surface area contributed by atoms with Gasteiger partial charge in [0.05, 0.1) is 18.6 Å². The number of hydrogen-bond acceptors (Lipinski definition) is 5. The number of ether oxygens (including phenoxy) is 2. The molecule has 1 heterocycles. The van der Waals surface area contributed by atoms with Crippen molar-refractivity contribution in [2.75, 3.05) is 7.11 Å². The van der Waals surface area contributed by atoms with E-state index in [0.29, 0.717) is 5.56 Å². The molecule has 146 valence electrons. The number of methoxy groups -OCH3 is 1. The smallest absolute Gasteiger partial charge is 0.387 e. The molecule has 1 saturated heterocycles. The van der Waals surface area contributed by atoms with Crippen LogP contribution in [0, 0.1) is 0 Å². The Hall–Kier alpha value is -2.39. The van der Waals surface area contributed by atoms with Crippen molar-refractivity contribution in [2.24, 2.45) is 0 Å². The summed E-state index contributed by atoms with van der Waals surface area (Å²) in [6.07, 6.45) is 1.52. The van der Waals surface area contributed by atoms with Gasteiger partial charge in [-0.3, -0.25) is 14.5 Å². The fourth-order valence-corrected chi connectivity index (χ4v) is 3.63. The third-order valence-corrected chi connectivity index (χ3v) is 5.27. The van der Waals surface area contributed by atoms with Crippen LogP contribution in [-0.2, 0) is 11.3 Å². The summed E-state index contributed by atoms with van der Waals surface area (Å²) in [5, 5.41) is -0.371. The zero-order valence-electron chi connectivity index (χ0n) is 14.5. The number of amides is 2. The number of benzene rings is 2. The van der Waals surface area contributed by atoms with E-state index in [2.05, 4.69) is 20.7 Å². The van der Waals surface area contributed by atoms with Crippen molar-refractivity contribution in [1.82, 2.24) is 4.90 Å². The van der Waals surface area contributed by atoms with Crippen molar-refractivity contribution in [3.63, 3.8) is 0 Å². The second-order valence-electron chi connectivity index (χ2n) is 5.68. The Morgan fingerprint density at radius 3 is 2.50 bits per heavy atom. The van der Waals surface area contributed by atoms with Crippen LogP contribution in [0.25, 0.3) is 6.08 Å². The molecule has 1 aliphatic heterocycles. The Bertz CT molecular complexity index is 934. The molecule has 5 nitrogen and oxygen atoms in total. The largest absolute Gasteiger partial charge is 0.493 e. The lowest BCUT2D eigenvalue weighted by atomic mass is 10.1. The maximum absolute atomic E-state index is 12.6. The molecule has 2 aromatic rings. The van der Waals surface area contributed by atoms with Crippen LogP contribution in [-0.4, -0.2) is 29.8 Å². The molecule has 2 aromatic carbocycles. The molecule has 9 heteroatoms. The molecule has 0 spiro atoms. The molecule has 0 radical (unpaired) electrons. The highest BCUT2D eigenvalue weighted by atomic mass is 79.9. The molecule has 0 saturated carbocycles. The number of thioether (sulfide) groups is 1. The van der Waals surface area contributed by atoms with Crippen LogP contribution in [0.5, 0.6) is 11.5 Å². The lowest BCUT2D eigenvalue weighted by Crippen LogP contribution is -2.27.